The quantitative estimate of drug-likeness (QED) is 0.241. The standard InChI is InChI=1S/C28H23BrN2O3S/c1-18-16-21(19(2)31(18)23-12-10-22(29)11-13-23)17-26-27(32)30(28(33)35-26)14-15-34-25-9-5-7-20-6-3-4-8-24(20)25/h3-13,16-17H,14-15H2,1-2H3/b26-17-. The normalized spacial score (nSPS) is 14.9. The smallest absolute Gasteiger partial charge is 0.293 e. The van der Waals surface area contributed by atoms with Gasteiger partial charge in [-0.05, 0) is 79.0 Å². The Labute approximate surface area is 216 Å². The molecule has 1 aromatic heterocycles. The first kappa shape index (κ1) is 23.5. The number of fused-ring (bicyclic) bond motifs is 1. The van der Waals surface area contributed by atoms with E-state index in [-0.39, 0.29) is 24.3 Å². The van der Waals surface area contributed by atoms with Crippen LogP contribution in [0.15, 0.2) is 82.2 Å². The predicted octanol–water partition coefficient (Wildman–Crippen LogP) is 7.13. The van der Waals surface area contributed by atoms with Crippen LogP contribution in [0.3, 0.4) is 0 Å². The Bertz CT molecular complexity index is 1470. The number of aromatic nitrogens is 1. The van der Waals surface area contributed by atoms with E-state index >= 15 is 0 Å². The molecule has 176 valence electrons. The molecule has 1 aliphatic heterocycles. The lowest BCUT2D eigenvalue weighted by Crippen LogP contribution is -2.32. The zero-order chi connectivity index (χ0) is 24.5. The van der Waals surface area contributed by atoms with Crippen LogP contribution < -0.4 is 4.74 Å². The topological polar surface area (TPSA) is 51.5 Å². The molecule has 1 saturated heterocycles. The highest BCUT2D eigenvalue weighted by molar-refractivity contribution is 9.10. The van der Waals surface area contributed by atoms with E-state index < -0.39 is 0 Å². The minimum absolute atomic E-state index is 0.198. The number of rotatable bonds is 6. The molecule has 35 heavy (non-hydrogen) atoms. The molecule has 3 aromatic carbocycles. The van der Waals surface area contributed by atoms with Crippen molar-refractivity contribution in [3.05, 3.63) is 99.1 Å². The molecule has 0 saturated carbocycles. The molecule has 1 aliphatic rings. The van der Waals surface area contributed by atoms with E-state index in [0.29, 0.717) is 4.91 Å². The SMILES string of the molecule is Cc1cc(/C=C2\SC(=O)N(CCOc3cccc4ccccc34)C2=O)c(C)n1-c1ccc(Br)cc1. The third kappa shape index (κ3) is 4.66. The van der Waals surface area contributed by atoms with Gasteiger partial charge >= 0.3 is 0 Å². The molecule has 4 aromatic rings. The van der Waals surface area contributed by atoms with E-state index in [1.807, 2.05) is 92.7 Å². The van der Waals surface area contributed by atoms with Gasteiger partial charge in [-0.15, -0.1) is 0 Å². The number of carbonyl (C=O) groups is 2. The summed E-state index contributed by atoms with van der Waals surface area (Å²) in [7, 11) is 0. The molecule has 0 bridgehead atoms. The van der Waals surface area contributed by atoms with Gasteiger partial charge in [0, 0.05) is 26.9 Å². The summed E-state index contributed by atoms with van der Waals surface area (Å²) in [6, 6.07) is 23.9. The van der Waals surface area contributed by atoms with Crippen LogP contribution in [0.1, 0.15) is 17.0 Å². The van der Waals surface area contributed by atoms with E-state index in [1.165, 1.54) is 4.90 Å². The van der Waals surface area contributed by atoms with E-state index in [2.05, 4.69) is 20.5 Å². The fourth-order valence-electron chi connectivity index (χ4n) is 4.32. The van der Waals surface area contributed by atoms with E-state index in [1.54, 1.807) is 0 Å². The molecular formula is C28H23BrN2O3S. The molecule has 7 heteroatoms. The summed E-state index contributed by atoms with van der Waals surface area (Å²) < 4.78 is 9.10. The van der Waals surface area contributed by atoms with Gasteiger partial charge in [0.2, 0.25) is 0 Å². The molecule has 0 unspecified atom stereocenters. The largest absolute Gasteiger partial charge is 0.491 e. The van der Waals surface area contributed by atoms with Gasteiger partial charge in [-0.25, -0.2) is 0 Å². The average Bonchev–Trinajstić information content (AvgIpc) is 3.28. The van der Waals surface area contributed by atoms with Gasteiger partial charge in [0.25, 0.3) is 11.1 Å². The van der Waals surface area contributed by atoms with Crippen molar-refractivity contribution in [3.63, 3.8) is 0 Å². The van der Waals surface area contributed by atoms with Gasteiger partial charge in [-0.1, -0.05) is 52.3 Å². The third-order valence-electron chi connectivity index (χ3n) is 6.04. The third-order valence-corrected chi connectivity index (χ3v) is 7.47. The molecule has 0 aliphatic carbocycles. The van der Waals surface area contributed by atoms with Crippen molar-refractivity contribution < 1.29 is 14.3 Å². The molecule has 0 radical (unpaired) electrons. The number of thioether (sulfide) groups is 1. The molecule has 2 heterocycles. The second-order valence-electron chi connectivity index (χ2n) is 8.30. The maximum absolute atomic E-state index is 13.0. The summed E-state index contributed by atoms with van der Waals surface area (Å²) in [4.78, 5) is 27.3. The Morgan fingerprint density at radius 2 is 1.71 bits per heavy atom. The first-order valence-corrected chi connectivity index (χ1v) is 12.8. The molecule has 2 amide bonds. The highest BCUT2D eigenvalue weighted by atomic mass is 79.9. The van der Waals surface area contributed by atoms with E-state index in [9.17, 15) is 9.59 Å². The van der Waals surface area contributed by atoms with E-state index in [4.69, 9.17) is 4.74 Å². The molecule has 0 atom stereocenters. The van der Waals surface area contributed by atoms with Crippen molar-refractivity contribution in [2.24, 2.45) is 0 Å². The molecular weight excluding hydrogens is 524 g/mol. The fourth-order valence-corrected chi connectivity index (χ4v) is 5.44. The number of amides is 2. The van der Waals surface area contributed by atoms with Crippen molar-refractivity contribution in [3.8, 4) is 11.4 Å². The number of aryl methyl sites for hydroxylation is 1. The fraction of sp³-hybridized carbons (Fsp3) is 0.143. The van der Waals surface area contributed by atoms with Crippen LogP contribution in [-0.2, 0) is 4.79 Å². The first-order valence-electron chi connectivity index (χ1n) is 11.2. The Balaban J connectivity index is 1.31. The van der Waals surface area contributed by atoms with Crippen molar-refractivity contribution in [2.75, 3.05) is 13.2 Å². The van der Waals surface area contributed by atoms with Gasteiger partial charge in [0.15, 0.2) is 0 Å². The van der Waals surface area contributed by atoms with Crippen molar-refractivity contribution >= 4 is 55.7 Å². The molecule has 5 nitrogen and oxygen atoms in total. The van der Waals surface area contributed by atoms with Gasteiger partial charge in [0.05, 0.1) is 11.4 Å². The molecule has 0 N–H and O–H groups in total. The van der Waals surface area contributed by atoms with Crippen LogP contribution in [0, 0.1) is 13.8 Å². The summed E-state index contributed by atoms with van der Waals surface area (Å²) >= 11 is 4.45. The highest BCUT2D eigenvalue weighted by Crippen LogP contribution is 2.34. The molecule has 5 rings (SSSR count). The summed E-state index contributed by atoms with van der Waals surface area (Å²) in [5.41, 5.74) is 4.03. The summed E-state index contributed by atoms with van der Waals surface area (Å²) in [6.45, 7) is 4.48. The first-order chi connectivity index (χ1) is 16.9. The molecule has 1 fully saturated rings. The van der Waals surface area contributed by atoms with Crippen molar-refractivity contribution in [1.82, 2.24) is 9.47 Å². The lowest BCUT2D eigenvalue weighted by atomic mass is 10.1. The number of nitrogens with zero attached hydrogens (tertiary/aromatic N) is 2. The zero-order valence-electron chi connectivity index (χ0n) is 19.3. The number of ether oxygens (including phenoxy) is 1. The van der Waals surface area contributed by atoms with Crippen molar-refractivity contribution in [2.45, 2.75) is 13.8 Å². The monoisotopic (exact) mass is 546 g/mol. The average molecular weight is 547 g/mol. The number of imide groups is 1. The minimum atomic E-state index is -0.282. The van der Waals surface area contributed by atoms with Crippen molar-refractivity contribution in [1.29, 1.82) is 0 Å². The summed E-state index contributed by atoms with van der Waals surface area (Å²) in [5, 5.41) is 1.81. The van der Waals surface area contributed by atoms with Gasteiger partial charge in [0.1, 0.15) is 12.4 Å². The zero-order valence-corrected chi connectivity index (χ0v) is 21.7. The van der Waals surface area contributed by atoms with Crippen LogP contribution in [0.5, 0.6) is 5.75 Å². The predicted molar refractivity (Wildman–Crippen MR) is 145 cm³/mol. The number of hydrogen-bond acceptors (Lipinski definition) is 4. The Morgan fingerprint density at radius 1 is 0.971 bits per heavy atom. The van der Waals surface area contributed by atoms with Crippen LogP contribution in [0.4, 0.5) is 4.79 Å². The van der Waals surface area contributed by atoms with Gasteiger partial charge in [-0.3, -0.25) is 14.5 Å². The lowest BCUT2D eigenvalue weighted by molar-refractivity contribution is -0.123. The maximum Gasteiger partial charge on any atom is 0.293 e. The van der Waals surface area contributed by atoms with Crippen LogP contribution >= 0.6 is 27.7 Å². The second-order valence-corrected chi connectivity index (χ2v) is 10.2. The Morgan fingerprint density at radius 3 is 2.51 bits per heavy atom. The van der Waals surface area contributed by atoms with Crippen LogP contribution in [-0.4, -0.2) is 33.8 Å². The number of hydrogen-bond donors (Lipinski definition) is 0. The lowest BCUT2D eigenvalue weighted by Gasteiger charge is -2.14. The van der Waals surface area contributed by atoms with Crippen LogP contribution in [0.25, 0.3) is 22.5 Å². The second kappa shape index (κ2) is 9.76. The highest BCUT2D eigenvalue weighted by Gasteiger charge is 2.35. The van der Waals surface area contributed by atoms with Gasteiger partial charge < -0.3 is 9.30 Å². The summed E-state index contributed by atoms with van der Waals surface area (Å²) in [5.74, 6) is 0.459. The Hall–Kier alpha value is -3.29. The Kier molecular flexibility index (Phi) is 6.54. The van der Waals surface area contributed by atoms with E-state index in [0.717, 1.165) is 55.4 Å². The number of halogens is 1. The number of carbonyl (C=O) groups excluding carboxylic acids is 2. The maximum atomic E-state index is 13.0. The van der Waals surface area contributed by atoms with Gasteiger partial charge in [-0.2, -0.15) is 0 Å². The minimum Gasteiger partial charge on any atom is -0.491 e. The number of benzene rings is 3. The summed E-state index contributed by atoms with van der Waals surface area (Å²) in [6.07, 6.45) is 1.81. The van der Waals surface area contributed by atoms with Crippen LogP contribution in [0.2, 0.25) is 0 Å². The molecule has 0 spiro atoms.